The number of aliphatic carboxylic acids is 1. The molecule has 1 atom stereocenters. The largest absolute Gasteiger partial charge is 0.479 e. The van der Waals surface area contributed by atoms with Crippen molar-refractivity contribution in [1.29, 1.82) is 0 Å². The zero-order valence-electron chi connectivity index (χ0n) is 12.0. The van der Waals surface area contributed by atoms with Gasteiger partial charge in [-0.2, -0.15) is 0 Å². The van der Waals surface area contributed by atoms with Crippen molar-refractivity contribution >= 4 is 11.9 Å². The van der Waals surface area contributed by atoms with Gasteiger partial charge in [0.05, 0.1) is 0 Å². The Morgan fingerprint density at radius 2 is 1.89 bits per heavy atom. The van der Waals surface area contributed by atoms with Crippen molar-refractivity contribution in [2.24, 2.45) is 5.41 Å². The molecular weight excluding hydrogens is 230 g/mol. The van der Waals surface area contributed by atoms with E-state index in [0.717, 1.165) is 19.3 Å². The number of carboxylic acid groups (broad SMARTS) is 1. The minimum atomic E-state index is -0.996. The maximum atomic E-state index is 11.8. The van der Waals surface area contributed by atoms with Crippen LogP contribution in [0, 0.1) is 5.41 Å². The van der Waals surface area contributed by atoms with Gasteiger partial charge in [-0.3, -0.25) is 4.79 Å². The molecule has 0 aliphatic heterocycles. The fraction of sp³-hybridized carbons (Fsp3) is 0.857. The number of hydrogen-bond donors (Lipinski definition) is 1. The van der Waals surface area contributed by atoms with E-state index >= 15 is 0 Å². The van der Waals surface area contributed by atoms with E-state index in [-0.39, 0.29) is 11.3 Å². The first kappa shape index (κ1) is 15.0. The Kier molecular flexibility index (Phi) is 4.41. The van der Waals surface area contributed by atoms with Crippen molar-refractivity contribution in [2.75, 3.05) is 6.54 Å². The smallest absolute Gasteiger partial charge is 0.329 e. The maximum absolute atomic E-state index is 11.8. The van der Waals surface area contributed by atoms with Crippen molar-refractivity contribution in [3.05, 3.63) is 0 Å². The topological polar surface area (TPSA) is 57.6 Å². The molecule has 0 radical (unpaired) electrons. The van der Waals surface area contributed by atoms with Gasteiger partial charge < -0.3 is 10.0 Å². The number of hydrogen-bond acceptors (Lipinski definition) is 2. The number of nitrogens with zero attached hydrogens (tertiary/aromatic N) is 1. The molecule has 0 heterocycles. The summed E-state index contributed by atoms with van der Waals surface area (Å²) < 4.78 is 0. The van der Waals surface area contributed by atoms with Crippen LogP contribution in [-0.2, 0) is 9.59 Å². The van der Waals surface area contributed by atoms with E-state index in [1.807, 2.05) is 6.92 Å². The quantitative estimate of drug-likeness (QED) is 0.840. The highest BCUT2D eigenvalue weighted by atomic mass is 16.4. The molecule has 0 saturated heterocycles. The second kappa shape index (κ2) is 5.29. The predicted octanol–water partition coefficient (Wildman–Crippen LogP) is 2.67. The first-order valence-electron chi connectivity index (χ1n) is 6.77. The van der Waals surface area contributed by atoms with Crippen LogP contribution in [0.2, 0.25) is 0 Å². The molecule has 0 aromatic heterocycles. The minimum Gasteiger partial charge on any atom is -0.479 e. The highest BCUT2D eigenvalue weighted by molar-refractivity contribution is 5.86. The fourth-order valence-electron chi connectivity index (χ4n) is 3.25. The second-order valence-electron chi connectivity index (χ2n) is 6.20. The first-order valence-corrected chi connectivity index (χ1v) is 6.77. The summed E-state index contributed by atoms with van der Waals surface area (Å²) in [6.07, 6.45) is 3.81. The van der Waals surface area contributed by atoms with E-state index in [9.17, 15) is 14.7 Å². The summed E-state index contributed by atoms with van der Waals surface area (Å²) in [6, 6.07) is 0. The Morgan fingerprint density at radius 1 is 1.28 bits per heavy atom. The molecule has 18 heavy (non-hydrogen) atoms. The van der Waals surface area contributed by atoms with E-state index in [4.69, 9.17) is 0 Å². The summed E-state index contributed by atoms with van der Waals surface area (Å²) in [5.74, 6) is -0.976. The molecule has 104 valence electrons. The summed E-state index contributed by atoms with van der Waals surface area (Å²) in [5, 5.41) is 9.67. The molecule has 4 nitrogen and oxygen atoms in total. The lowest BCUT2D eigenvalue weighted by Gasteiger charge is -2.48. The van der Waals surface area contributed by atoms with E-state index in [1.165, 1.54) is 6.92 Å². The molecule has 4 heteroatoms. The molecule has 1 fully saturated rings. The normalized spacial score (nSPS) is 26.7. The van der Waals surface area contributed by atoms with Crippen LogP contribution < -0.4 is 0 Å². The van der Waals surface area contributed by atoms with Gasteiger partial charge in [-0.25, -0.2) is 4.79 Å². The Bertz CT molecular complexity index is 338. The van der Waals surface area contributed by atoms with Gasteiger partial charge in [0.2, 0.25) is 5.91 Å². The van der Waals surface area contributed by atoms with Crippen LogP contribution in [0.15, 0.2) is 0 Å². The summed E-state index contributed by atoms with van der Waals surface area (Å²) in [6.45, 7) is 8.15. The first-order chi connectivity index (χ1) is 8.25. The number of carbonyl (C=O) groups is 2. The zero-order chi connectivity index (χ0) is 14.0. The fourth-order valence-corrected chi connectivity index (χ4v) is 3.25. The zero-order valence-corrected chi connectivity index (χ0v) is 12.0. The van der Waals surface area contributed by atoms with E-state index < -0.39 is 11.5 Å². The van der Waals surface area contributed by atoms with E-state index in [0.29, 0.717) is 19.4 Å². The minimum absolute atomic E-state index is 0.0158. The van der Waals surface area contributed by atoms with Crippen LogP contribution in [0.25, 0.3) is 0 Å². The highest BCUT2D eigenvalue weighted by Gasteiger charge is 2.50. The third-order valence-corrected chi connectivity index (χ3v) is 3.96. The molecule has 1 aliphatic rings. The number of rotatable bonds is 4. The molecule has 0 spiro atoms. The maximum Gasteiger partial charge on any atom is 0.329 e. The van der Waals surface area contributed by atoms with Crippen molar-refractivity contribution in [3.8, 4) is 0 Å². The van der Waals surface area contributed by atoms with Crippen LogP contribution in [0.1, 0.15) is 59.8 Å². The molecule has 1 rings (SSSR count). The van der Waals surface area contributed by atoms with E-state index in [2.05, 4.69) is 13.8 Å². The molecular formula is C14H25NO3. The van der Waals surface area contributed by atoms with Crippen LogP contribution in [-0.4, -0.2) is 34.0 Å². The Labute approximate surface area is 109 Å². The lowest BCUT2D eigenvalue weighted by Crippen LogP contribution is -2.60. The third kappa shape index (κ3) is 2.85. The van der Waals surface area contributed by atoms with Crippen LogP contribution in [0.5, 0.6) is 0 Å². The molecule has 0 aromatic rings. The third-order valence-electron chi connectivity index (χ3n) is 3.96. The van der Waals surface area contributed by atoms with Gasteiger partial charge in [-0.05, 0) is 37.5 Å². The molecule has 1 saturated carbocycles. The number of amides is 1. The van der Waals surface area contributed by atoms with Gasteiger partial charge in [0, 0.05) is 13.5 Å². The molecule has 1 N–H and O–H groups in total. The van der Waals surface area contributed by atoms with Gasteiger partial charge in [0.25, 0.3) is 0 Å². The summed E-state index contributed by atoms with van der Waals surface area (Å²) in [5.41, 5.74) is -1.01. The standard InChI is InChI=1S/C14H25NO3/c1-5-9-15(11(2)16)14(12(17)18)8-6-7-13(3,4)10-14/h5-10H2,1-4H3,(H,17,18). The van der Waals surface area contributed by atoms with Crippen LogP contribution >= 0.6 is 0 Å². The lowest BCUT2D eigenvalue weighted by atomic mass is 9.67. The lowest BCUT2D eigenvalue weighted by molar-refractivity contribution is -0.164. The summed E-state index contributed by atoms with van der Waals surface area (Å²) >= 11 is 0. The van der Waals surface area contributed by atoms with Crippen LogP contribution in [0.3, 0.4) is 0 Å². The molecule has 1 unspecified atom stereocenters. The van der Waals surface area contributed by atoms with Crippen molar-refractivity contribution < 1.29 is 14.7 Å². The molecule has 0 bridgehead atoms. The van der Waals surface area contributed by atoms with Gasteiger partial charge in [0.15, 0.2) is 0 Å². The van der Waals surface area contributed by atoms with Gasteiger partial charge >= 0.3 is 5.97 Å². The Balaban J connectivity index is 3.12. The van der Waals surface area contributed by atoms with Crippen molar-refractivity contribution in [2.45, 2.75) is 65.3 Å². The summed E-state index contributed by atoms with van der Waals surface area (Å²) in [4.78, 5) is 25.2. The molecule has 1 amide bonds. The van der Waals surface area contributed by atoms with Crippen molar-refractivity contribution in [3.63, 3.8) is 0 Å². The molecule has 1 aliphatic carbocycles. The highest BCUT2D eigenvalue weighted by Crippen LogP contribution is 2.44. The number of carboxylic acids is 1. The predicted molar refractivity (Wildman–Crippen MR) is 70.3 cm³/mol. The van der Waals surface area contributed by atoms with E-state index in [1.54, 1.807) is 4.90 Å². The summed E-state index contributed by atoms with van der Waals surface area (Å²) in [7, 11) is 0. The van der Waals surface area contributed by atoms with Crippen molar-refractivity contribution in [1.82, 2.24) is 4.90 Å². The number of carbonyl (C=O) groups excluding carboxylic acids is 1. The average Bonchev–Trinajstić information content (AvgIpc) is 2.23. The average molecular weight is 255 g/mol. The SMILES string of the molecule is CCCN(C(C)=O)C1(C(=O)O)CCCC(C)(C)C1. The van der Waals surface area contributed by atoms with Gasteiger partial charge in [0.1, 0.15) is 5.54 Å². The second-order valence-corrected chi connectivity index (χ2v) is 6.20. The Morgan fingerprint density at radius 3 is 2.28 bits per heavy atom. The molecule has 0 aromatic carbocycles. The van der Waals surface area contributed by atoms with Crippen LogP contribution in [0.4, 0.5) is 0 Å². The van der Waals surface area contributed by atoms with Gasteiger partial charge in [-0.15, -0.1) is 0 Å². The van der Waals surface area contributed by atoms with Gasteiger partial charge in [-0.1, -0.05) is 20.8 Å². The Hall–Kier alpha value is -1.06. The monoisotopic (exact) mass is 255 g/mol.